The molecule has 0 aliphatic carbocycles. The average Bonchev–Trinajstić information content (AvgIpc) is 2.46. The number of carbonyl (C=O) groups excluding carboxylic acids is 2. The van der Waals surface area contributed by atoms with E-state index in [1.165, 1.54) is 18.7 Å². The maximum atomic E-state index is 12.1. The van der Waals surface area contributed by atoms with Crippen molar-refractivity contribution in [2.24, 2.45) is 0 Å². The Bertz CT molecular complexity index is 638. The minimum absolute atomic E-state index is 0.0669. The van der Waals surface area contributed by atoms with Gasteiger partial charge in [-0.2, -0.15) is 0 Å². The Kier molecular flexibility index (Phi) is 5.59. The van der Waals surface area contributed by atoms with Crippen molar-refractivity contribution in [3.63, 3.8) is 0 Å². The quantitative estimate of drug-likeness (QED) is 0.633. The number of halogens is 1. The number of Topliss-reactive ketones (excluding diaryl/α,β-unsaturated/α-hetero) is 1. The van der Waals surface area contributed by atoms with E-state index >= 15 is 0 Å². The number of benzene rings is 2. The normalized spacial score (nSPS) is 10.2. The third kappa shape index (κ3) is 5.02. The molecule has 3 nitrogen and oxygen atoms in total. The first-order valence-electron chi connectivity index (χ1n) is 6.34. The van der Waals surface area contributed by atoms with Gasteiger partial charge in [0.1, 0.15) is 0 Å². The molecular weight excluding hydrogens is 350 g/mol. The molecule has 108 valence electrons. The van der Waals surface area contributed by atoms with Crippen LogP contribution in [0, 0.1) is 0 Å². The molecule has 5 heteroatoms. The van der Waals surface area contributed by atoms with Crippen LogP contribution in [0.4, 0.5) is 5.69 Å². The Morgan fingerprint density at radius 1 is 1.05 bits per heavy atom. The summed E-state index contributed by atoms with van der Waals surface area (Å²) in [4.78, 5) is 24.1. The van der Waals surface area contributed by atoms with Crippen molar-refractivity contribution in [1.29, 1.82) is 0 Å². The standard InChI is InChI=1S/C16H14BrNO2S/c1-11(19)18-14-6-2-12(3-7-14)16(20)10-21-15-8-4-13(17)5-9-15/h2-9H,10H2,1H3,(H,18,19). The molecule has 2 aromatic rings. The zero-order chi connectivity index (χ0) is 15.2. The van der Waals surface area contributed by atoms with Gasteiger partial charge in [-0.05, 0) is 48.5 Å². The summed E-state index contributed by atoms with van der Waals surface area (Å²) in [5.74, 6) is 0.332. The molecule has 0 fully saturated rings. The first kappa shape index (κ1) is 15.8. The predicted molar refractivity (Wildman–Crippen MR) is 89.9 cm³/mol. The average molecular weight is 364 g/mol. The maximum Gasteiger partial charge on any atom is 0.221 e. The van der Waals surface area contributed by atoms with Crippen LogP contribution in [-0.4, -0.2) is 17.4 Å². The van der Waals surface area contributed by atoms with Crippen LogP contribution in [-0.2, 0) is 4.79 Å². The summed E-state index contributed by atoms with van der Waals surface area (Å²) in [5.41, 5.74) is 1.34. The van der Waals surface area contributed by atoms with Crippen LogP contribution in [0.2, 0.25) is 0 Å². The van der Waals surface area contributed by atoms with Crippen molar-refractivity contribution in [2.75, 3.05) is 11.1 Å². The SMILES string of the molecule is CC(=O)Nc1ccc(C(=O)CSc2ccc(Br)cc2)cc1. The molecule has 2 aromatic carbocycles. The summed E-state index contributed by atoms with van der Waals surface area (Å²) in [6.45, 7) is 1.45. The molecule has 0 saturated carbocycles. The molecule has 0 bridgehead atoms. The second-order valence-corrected chi connectivity index (χ2v) is 6.39. The number of thioether (sulfide) groups is 1. The number of hydrogen-bond acceptors (Lipinski definition) is 3. The molecule has 0 atom stereocenters. The van der Waals surface area contributed by atoms with Gasteiger partial charge in [-0.15, -0.1) is 11.8 Å². The third-order valence-electron chi connectivity index (χ3n) is 2.71. The lowest BCUT2D eigenvalue weighted by atomic mass is 10.1. The molecule has 21 heavy (non-hydrogen) atoms. The van der Waals surface area contributed by atoms with Gasteiger partial charge in [0.25, 0.3) is 0 Å². The Morgan fingerprint density at radius 2 is 1.67 bits per heavy atom. The van der Waals surface area contributed by atoms with Gasteiger partial charge in [-0.25, -0.2) is 0 Å². The minimum atomic E-state index is -0.125. The van der Waals surface area contributed by atoms with Gasteiger partial charge < -0.3 is 5.32 Å². The van der Waals surface area contributed by atoms with Crippen molar-refractivity contribution in [3.8, 4) is 0 Å². The van der Waals surface area contributed by atoms with E-state index in [0.717, 1.165) is 9.37 Å². The summed E-state index contributed by atoms with van der Waals surface area (Å²) >= 11 is 4.89. The highest BCUT2D eigenvalue weighted by Gasteiger charge is 2.07. The number of rotatable bonds is 5. The van der Waals surface area contributed by atoms with Crippen LogP contribution in [0.15, 0.2) is 57.9 Å². The van der Waals surface area contributed by atoms with Crippen molar-refractivity contribution in [3.05, 3.63) is 58.6 Å². The van der Waals surface area contributed by atoms with Crippen LogP contribution in [0.1, 0.15) is 17.3 Å². The molecule has 0 aliphatic rings. The molecule has 0 aliphatic heterocycles. The van der Waals surface area contributed by atoms with Crippen molar-refractivity contribution in [1.82, 2.24) is 0 Å². The number of hydrogen-bond donors (Lipinski definition) is 1. The molecule has 1 N–H and O–H groups in total. The number of nitrogens with one attached hydrogen (secondary N) is 1. The van der Waals surface area contributed by atoms with Crippen molar-refractivity contribution >= 4 is 45.1 Å². The van der Waals surface area contributed by atoms with Gasteiger partial charge in [0.05, 0.1) is 5.75 Å². The van der Waals surface area contributed by atoms with Gasteiger partial charge in [0.2, 0.25) is 5.91 Å². The molecule has 0 heterocycles. The van der Waals surface area contributed by atoms with E-state index in [1.807, 2.05) is 24.3 Å². The van der Waals surface area contributed by atoms with Gasteiger partial charge in [0, 0.05) is 27.5 Å². The highest BCUT2D eigenvalue weighted by Crippen LogP contribution is 2.22. The van der Waals surface area contributed by atoms with Crippen molar-refractivity contribution < 1.29 is 9.59 Å². The second-order valence-electron chi connectivity index (χ2n) is 4.42. The highest BCUT2D eigenvalue weighted by atomic mass is 79.9. The molecule has 0 radical (unpaired) electrons. The molecule has 2 rings (SSSR count). The third-order valence-corrected chi connectivity index (χ3v) is 4.25. The first-order valence-corrected chi connectivity index (χ1v) is 8.11. The van der Waals surface area contributed by atoms with E-state index in [2.05, 4.69) is 21.2 Å². The maximum absolute atomic E-state index is 12.1. The van der Waals surface area contributed by atoms with Crippen LogP contribution >= 0.6 is 27.7 Å². The molecule has 0 aromatic heterocycles. The summed E-state index contributed by atoms with van der Waals surface area (Å²) in [6, 6.07) is 14.8. The smallest absolute Gasteiger partial charge is 0.221 e. The fourth-order valence-corrected chi connectivity index (χ4v) is 2.76. The first-order chi connectivity index (χ1) is 10.0. The van der Waals surface area contributed by atoms with Crippen LogP contribution in [0.3, 0.4) is 0 Å². The summed E-state index contributed by atoms with van der Waals surface area (Å²) in [5, 5.41) is 2.67. The molecular formula is C16H14BrNO2S. The summed E-state index contributed by atoms with van der Waals surface area (Å²) in [6.07, 6.45) is 0. The van der Waals surface area contributed by atoms with E-state index in [9.17, 15) is 9.59 Å². The van der Waals surface area contributed by atoms with E-state index in [4.69, 9.17) is 0 Å². The van der Waals surface area contributed by atoms with E-state index in [-0.39, 0.29) is 11.7 Å². The zero-order valence-corrected chi connectivity index (χ0v) is 13.8. The Labute approximate surface area is 136 Å². The lowest BCUT2D eigenvalue weighted by molar-refractivity contribution is -0.114. The monoisotopic (exact) mass is 363 g/mol. The zero-order valence-electron chi connectivity index (χ0n) is 11.4. The highest BCUT2D eigenvalue weighted by molar-refractivity contribution is 9.10. The Balaban J connectivity index is 1.93. The van der Waals surface area contributed by atoms with Gasteiger partial charge in [-0.3, -0.25) is 9.59 Å². The summed E-state index contributed by atoms with van der Waals surface area (Å²) < 4.78 is 1.02. The predicted octanol–water partition coefficient (Wildman–Crippen LogP) is 4.38. The Hall–Kier alpha value is -1.59. The summed E-state index contributed by atoms with van der Waals surface area (Å²) in [7, 11) is 0. The van der Waals surface area contributed by atoms with Gasteiger partial charge >= 0.3 is 0 Å². The molecule has 0 unspecified atom stereocenters. The van der Waals surface area contributed by atoms with Gasteiger partial charge in [0.15, 0.2) is 5.78 Å². The van der Waals surface area contributed by atoms with E-state index < -0.39 is 0 Å². The van der Waals surface area contributed by atoms with Crippen molar-refractivity contribution in [2.45, 2.75) is 11.8 Å². The van der Waals surface area contributed by atoms with Crippen LogP contribution in [0.25, 0.3) is 0 Å². The fraction of sp³-hybridized carbons (Fsp3) is 0.125. The lowest BCUT2D eigenvalue weighted by Gasteiger charge is -2.04. The Morgan fingerprint density at radius 3 is 2.24 bits per heavy atom. The molecule has 0 spiro atoms. The lowest BCUT2D eigenvalue weighted by Crippen LogP contribution is -2.06. The van der Waals surface area contributed by atoms with Crippen LogP contribution in [0.5, 0.6) is 0 Å². The molecule has 0 saturated heterocycles. The van der Waals surface area contributed by atoms with Crippen LogP contribution < -0.4 is 5.32 Å². The van der Waals surface area contributed by atoms with E-state index in [0.29, 0.717) is 17.0 Å². The molecule has 1 amide bonds. The number of carbonyl (C=O) groups is 2. The number of ketones is 1. The largest absolute Gasteiger partial charge is 0.326 e. The second kappa shape index (κ2) is 7.43. The fourth-order valence-electron chi connectivity index (χ4n) is 1.71. The van der Waals surface area contributed by atoms with Gasteiger partial charge in [-0.1, -0.05) is 15.9 Å². The minimum Gasteiger partial charge on any atom is -0.326 e. The van der Waals surface area contributed by atoms with E-state index in [1.54, 1.807) is 24.3 Å². The number of anilines is 1. The topological polar surface area (TPSA) is 46.2 Å². The number of amides is 1.